The molecule has 4 nitrogen and oxygen atoms in total. The van der Waals surface area contributed by atoms with Crippen molar-refractivity contribution in [1.82, 2.24) is 0 Å². The summed E-state index contributed by atoms with van der Waals surface area (Å²) in [6.45, 7) is 1.36. The van der Waals surface area contributed by atoms with E-state index >= 15 is 0 Å². The SMILES string of the molecule is COc1c(C(O)c2ccc3c(c2)SCCO3)cc(Br)c2c1CCO2. The van der Waals surface area contributed by atoms with Gasteiger partial charge in [0.15, 0.2) is 0 Å². The van der Waals surface area contributed by atoms with Crippen LogP contribution in [0.25, 0.3) is 0 Å². The van der Waals surface area contributed by atoms with Gasteiger partial charge in [-0.2, -0.15) is 0 Å². The van der Waals surface area contributed by atoms with Gasteiger partial charge in [0.2, 0.25) is 0 Å². The Bertz CT molecular complexity index is 793. The Kier molecular flexibility index (Phi) is 4.37. The first kappa shape index (κ1) is 16.1. The fourth-order valence-corrected chi connectivity index (χ4v) is 4.66. The molecular weight excluding hydrogens is 392 g/mol. The quantitative estimate of drug-likeness (QED) is 0.832. The molecule has 0 amide bonds. The fraction of sp³-hybridized carbons (Fsp3) is 0.333. The number of hydrogen-bond donors (Lipinski definition) is 1. The summed E-state index contributed by atoms with van der Waals surface area (Å²) in [5.41, 5.74) is 2.59. The van der Waals surface area contributed by atoms with Crippen molar-refractivity contribution in [3.63, 3.8) is 0 Å². The maximum atomic E-state index is 11.0. The molecule has 2 aliphatic rings. The zero-order valence-electron chi connectivity index (χ0n) is 13.2. The Balaban J connectivity index is 1.77. The summed E-state index contributed by atoms with van der Waals surface area (Å²) >= 11 is 5.30. The Morgan fingerprint density at radius 2 is 2.12 bits per heavy atom. The summed E-state index contributed by atoms with van der Waals surface area (Å²) in [6, 6.07) is 7.72. The number of aliphatic hydroxyl groups excluding tert-OH is 1. The summed E-state index contributed by atoms with van der Waals surface area (Å²) in [4.78, 5) is 1.07. The molecule has 24 heavy (non-hydrogen) atoms. The third-order valence-corrected chi connectivity index (χ3v) is 5.88. The summed E-state index contributed by atoms with van der Waals surface area (Å²) in [6.07, 6.45) is 0.0147. The number of ether oxygens (including phenoxy) is 3. The summed E-state index contributed by atoms with van der Waals surface area (Å²) < 4.78 is 17.8. The normalized spacial score (nSPS) is 16.6. The predicted octanol–water partition coefficient (Wildman–Crippen LogP) is 3.96. The molecule has 0 saturated heterocycles. The van der Waals surface area contributed by atoms with Crippen LogP contribution >= 0.6 is 27.7 Å². The van der Waals surface area contributed by atoms with Gasteiger partial charge in [-0.3, -0.25) is 0 Å². The Hall–Kier alpha value is -1.37. The molecule has 2 aromatic carbocycles. The van der Waals surface area contributed by atoms with E-state index in [-0.39, 0.29) is 0 Å². The Morgan fingerprint density at radius 1 is 1.25 bits per heavy atom. The van der Waals surface area contributed by atoms with Crippen LogP contribution in [0.3, 0.4) is 0 Å². The van der Waals surface area contributed by atoms with Gasteiger partial charge in [0.1, 0.15) is 23.4 Å². The largest absolute Gasteiger partial charge is 0.496 e. The lowest BCUT2D eigenvalue weighted by atomic mass is 9.97. The van der Waals surface area contributed by atoms with Gasteiger partial charge >= 0.3 is 0 Å². The lowest BCUT2D eigenvalue weighted by molar-refractivity contribution is 0.213. The summed E-state index contributed by atoms with van der Waals surface area (Å²) in [5.74, 6) is 3.34. The molecule has 4 rings (SSSR count). The average molecular weight is 409 g/mol. The second kappa shape index (κ2) is 6.50. The molecule has 0 spiro atoms. The van der Waals surface area contributed by atoms with Crippen LogP contribution in [0.5, 0.6) is 17.2 Å². The number of benzene rings is 2. The van der Waals surface area contributed by atoms with Gasteiger partial charge in [0.05, 0.1) is 24.8 Å². The van der Waals surface area contributed by atoms with E-state index in [0.717, 1.165) is 56.3 Å². The van der Waals surface area contributed by atoms with Crippen LogP contribution in [-0.2, 0) is 6.42 Å². The standard InChI is InChI=1S/C18H17BrO4S/c1-21-17-11-4-5-23-18(11)13(19)9-12(17)16(20)10-2-3-14-15(8-10)24-7-6-22-14/h2-3,8-9,16,20H,4-7H2,1H3. The first-order valence-electron chi connectivity index (χ1n) is 7.78. The van der Waals surface area contributed by atoms with Crippen LogP contribution in [-0.4, -0.2) is 31.2 Å². The molecule has 2 heterocycles. The highest BCUT2D eigenvalue weighted by molar-refractivity contribution is 9.10. The Morgan fingerprint density at radius 3 is 2.96 bits per heavy atom. The van der Waals surface area contributed by atoms with Crippen LogP contribution in [0.4, 0.5) is 0 Å². The number of fused-ring (bicyclic) bond motifs is 2. The molecule has 0 aromatic heterocycles. The topological polar surface area (TPSA) is 47.9 Å². The molecule has 0 fully saturated rings. The lowest BCUT2D eigenvalue weighted by Crippen LogP contribution is -2.08. The smallest absolute Gasteiger partial charge is 0.140 e. The molecule has 2 aliphatic heterocycles. The van der Waals surface area contributed by atoms with Crippen molar-refractivity contribution in [3.05, 3.63) is 45.4 Å². The van der Waals surface area contributed by atoms with Gasteiger partial charge < -0.3 is 19.3 Å². The zero-order valence-corrected chi connectivity index (χ0v) is 15.6. The molecule has 1 unspecified atom stereocenters. The zero-order chi connectivity index (χ0) is 16.7. The van der Waals surface area contributed by atoms with E-state index in [4.69, 9.17) is 14.2 Å². The number of methoxy groups -OCH3 is 1. The van der Waals surface area contributed by atoms with Crippen molar-refractivity contribution in [3.8, 4) is 17.2 Å². The predicted molar refractivity (Wildman–Crippen MR) is 96.6 cm³/mol. The number of aliphatic hydroxyl groups is 1. The van der Waals surface area contributed by atoms with E-state index in [1.165, 1.54) is 0 Å². The minimum Gasteiger partial charge on any atom is -0.496 e. The molecular formula is C18H17BrO4S. The third-order valence-electron chi connectivity index (χ3n) is 4.29. The van der Waals surface area contributed by atoms with Crippen molar-refractivity contribution < 1.29 is 19.3 Å². The van der Waals surface area contributed by atoms with E-state index in [9.17, 15) is 5.11 Å². The third kappa shape index (κ3) is 2.66. The monoisotopic (exact) mass is 408 g/mol. The number of thioether (sulfide) groups is 1. The molecule has 0 saturated carbocycles. The van der Waals surface area contributed by atoms with Crippen LogP contribution in [0, 0.1) is 0 Å². The van der Waals surface area contributed by atoms with Crippen molar-refractivity contribution in [2.45, 2.75) is 17.4 Å². The first-order chi connectivity index (χ1) is 11.7. The van der Waals surface area contributed by atoms with Gasteiger partial charge in [0.25, 0.3) is 0 Å². The van der Waals surface area contributed by atoms with E-state index in [2.05, 4.69) is 15.9 Å². The van der Waals surface area contributed by atoms with E-state index in [0.29, 0.717) is 12.4 Å². The van der Waals surface area contributed by atoms with Crippen LogP contribution in [0.15, 0.2) is 33.6 Å². The van der Waals surface area contributed by atoms with Crippen molar-refractivity contribution in [2.24, 2.45) is 0 Å². The Labute approximate surface area is 153 Å². The highest BCUT2D eigenvalue weighted by Gasteiger charge is 2.27. The van der Waals surface area contributed by atoms with Crippen LogP contribution in [0.2, 0.25) is 0 Å². The van der Waals surface area contributed by atoms with E-state index in [1.807, 2.05) is 24.3 Å². The van der Waals surface area contributed by atoms with Gasteiger partial charge in [-0.25, -0.2) is 0 Å². The second-order valence-electron chi connectivity index (χ2n) is 5.69. The van der Waals surface area contributed by atoms with Gasteiger partial charge in [-0.15, -0.1) is 11.8 Å². The average Bonchev–Trinajstić information content (AvgIpc) is 3.11. The number of hydrogen-bond acceptors (Lipinski definition) is 5. The first-order valence-corrected chi connectivity index (χ1v) is 9.56. The molecule has 1 N–H and O–H groups in total. The molecule has 0 radical (unpaired) electrons. The number of rotatable bonds is 3. The van der Waals surface area contributed by atoms with Gasteiger partial charge in [-0.1, -0.05) is 6.07 Å². The second-order valence-corrected chi connectivity index (χ2v) is 7.68. The number of halogens is 1. The van der Waals surface area contributed by atoms with Crippen molar-refractivity contribution in [2.75, 3.05) is 26.1 Å². The summed E-state index contributed by atoms with van der Waals surface area (Å²) in [5, 5.41) is 11.0. The molecule has 6 heteroatoms. The molecule has 0 aliphatic carbocycles. The summed E-state index contributed by atoms with van der Waals surface area (Å²) in [7, 11) is 1.63. The molecule has 0 bridgehead atoms. The molecule has 2 aromatic rings. The molecule has 126 valence electrons. The van der Waals surface area contributed by atoms with E-state index in [1.54, 1.807) is 18.9 Å². The van der Waals surface area contributed by atoms with Crippen molar-refractivity contribution >= 4 is 27.7 Å². The highest BCUT2D eigenvalue weighted by Crippen LogP contribution is 2.46. The van der Waals surface area contributed by atoms with Gasteiger partial charge in [0, 0.05) is 28.2 Å². The maximum Gasteiger partial charge on any atom is 0.140 e. The van der Waals surface area contributed by atoms with Crippen molar-refractivity contribution in [1.29, 1.82) is 0 Å². The highest BCUT2D eigenvalue weighted by atomic mass is 79.9. The fourth-order valence-electron chi connectivity index (χ4n) is 3.18. The minimum absolute atomic E-state index is 0.636. The van der Waals surface area contributed by atoms with Gasteiger partial charge in [-0.05, 0) is 39.7 Å². The maximum absolute atomic E-state index is 11.0. The van der Waals surface area contributed by atoms with Crippen LogP contribution < -0.4 is 14.2 Å². The minimum atomic E-state index is -0.769. The van der Waals surface area contributed by atoms with E-state index < -0.39 is 6.10 Å². The molecule has 1 atom stereocenters. The lowest BCUT2D eigenvalue weighted by Gasteiger charge is -2.21. The van der Waals surface area contributed by atoms with Crippen LogP contribution in [0.1, 0.15) is 22.8 Å².